The fraction of sp³-hybridized carbons (Fsp3) is 0.143. The van der Waals surface area contributed by atoms with E-state index in [2.05, 4.69) is 5.32 Å². The molecule has 0 saturated carbocycles. The fourth-order valence-corrected chi connectivity index (χ4v) is 1.45. The zero-order valence-electron chi connectivity index (χ0n) is 11.1. The van der Waals surface area contributed by atoms with Gasteiger partial charge in [-0.1, -0.05) is 11.6 Å². The van der Waals surface area contributed by atoms with Gasteiger partial charge in [-0.2, -0.15) is 5.26 Å². The standard InChI is InChI=1S/C14H14ClN3O2/c1-18(2)8-7-13(12(9-16)14(19)20)17-11-5-3-10(15)4-6-11/h3-8,17H,1-2H3,(H,19,20). The van der Waals surface area contributed by atoms with E-state index < -0.39 is 5.97 Å². The highest BCUT2D eigenvalue weighted by atomic mass is 35.5. The molecule has 0 spiro atoms. The Labute approximate surface area is 122 Å². The van der Waals surface area contributed by atoms with E-state index in [4.69, 9.17) is 22.0 Å². The Bertz CT molecular complexity index is 583. The second kappa shape index (κ2) is 7.22. The summed E-state index contributed by atoms with van der Waals surface area (Å²) in [4.78, 5) is 12.8. The number of carboxylic acids is 1. The third kappa shape index (κ3) is 4.67. The molecular weight excluding hydrogens is 278 g/mol. The molecule has 6 heteroatoms. The SMILES string of the molecule is CN(C)C=CC(Nc1ccc(Cl)cc1)=C(C#N)C(=O)O. The first kappa shape index (κ1) is 15.6. The molecule has 1 aromatic rings. The molecule has 104 valence electrons. The van der Waals surface area contributed by atoms with Crippen molar-refractivity contribution in [2.75, 3.05) is 19.4 Å². The number of halogens is 1. The van der Waals surface area contributed by atoms with Gasteiger partial charge in [0.25, 0.3) is 0 Å². The summed E-state index contributed by atoms with van der Waals surface area (Å²) in [5, 5.41) is 21.5. The predicted molar refractivity (Wildman–Crippen MR) is 78.2 cm³/mol. The normalized spacial score (nSPS) is 11.7. The first-order valence-corrected chi connectivity index (χ1v) is 6.06. The van der Waals surface area contributed by atoms with Crippen LogP contribution >= 0.6 is 11.6 Å². The zero-order chi connectivity index (χ0) is 15.1. The summed E-state index contributed by atoms with van der Waals surface area (Å²) in [6, 6.07) is 8.41. The van der Waals surface area contributed by atoms with E-state index in [-0.39, 0.29) is 11.3 Å². The van der Waals surface area contributed by atoms with E-state index in [1.54, 1.807) is 55.5 Å². The van der Waals surface area contributed by atoms with Crippen LogP contribution in [0.2, 0.25) is 5.02 Å². The van der Waals surface area contributed by atoms with Crippen LogP contribution in [0.4, 0.5) is 5.69 Å². The van der Waals surface area contributed by atoms with Crippen LogP contribution in [0.15, 0.2) is 47.8 Å². The molecule has 20 heavy (non-hydrogen) atoms. The molecule has 0 saturated heterocycles. The first-order chi connectivity index (χ1) is 9.43. The van der Waals surface area contributed by atoms with E-state index in [9.17, 15) is 4.79 Å². The number of aliphatic carboxylic acids is 1. The number of rotatable bonds is 5. The largest absolute Gasteiger partial charge is 0.477 e. The summed E-state index contributed by atoms with van der Waals surface area (Å²) >= 11 is 5.78. The number of hydrogen-bond donors (Lipinski definition) is 2. The lowest BCUT2D eigenvalue weighted by atomic mass is 10.2. The summed E-state index contributed by atoms with van der Waals surface area (Å²) < 4.78 is 0. The number of nitrogens with one attached hydrogen (secondary N) is 1. The molecule has 0 amide bonds. The maximum absolute atomic E-state index is 11.1. The van der Waals surface area contributed by atoms with Gasteiger partial charge in [-0.3, -0.25) is 0 Å². The Morgan fingerprint density at radius 1 is 1.40 bits per heavy atom. The Morgan fingerprint density at radius 2 is 2.00 bits per heavy atom. The Morgan fingerprint density at radius 3 is 2.45 bits per heavy atom. The second-order valence-corrected chi connectivity index (χ2v) is 4.55. The summed E-state index contributed by atoms with van der Waals surface area (Å²) in [5.41, 5.74) is 0.482. The van der Waals surface area contributed by atoms with Crippen molar-refractivity contribution in [3.8, 4) is 6.07 Å². The van der Waals surface area contributed by atoms with E-state index in [1.807, 2.05) is 0 Å². The van der Waals surface area contributed by atoms with Crippen molar-refractivity contribution in [2.45, 2.75) is 0 Å². The van der Waals surface area contributed by atoms with Gasteiger partial charge in [0.1, 0.15) is 6.07 Å². The minimum atomic E-state index is -1.28. The smallest absolute Gasteiger partial charge is 0.348 e. The van der Waals surface area contributed by atoms with Crippen LogP contribution in [-0.4, -0.2) is 30.1 Å². The highest BCUT2D eigenvalue weighted by molar-refractivity contribution is 6.30. The van der Waals surface area contributed by atoms with Crippen molar-refractivity contribution < 1.29 is 9.90 Å². The maximum Gasteiger partial charge on any atom is 0.348 e. The number of carboxylic acid groups (broad SMARTS) is 1. The minimum Gasteiger partial charge on any atom is -0.477 e. The van der Waals surface area contributed by atoms with Gasteiger partial charge in [0.2, 0.25) is 0 Å². The molecule has 0 atom stereocenters. The van der Waals surface area contributed by atoms with E-state index in [1.165, 1.54) is 6.08 Å². The quantitative estimate of drug-likeness (QED) is 0.495. The predicted octanol–water partition coefficient (Wildman–Crippen LogP) is 2.69. The van der Waals surface area contributed by atoms with Gasteiger partial charge >= 0.3 is 5.97 Å². The lowest BCUT2D eigenvalue weighted by molar-refractivity contribution is -0.132. The highest BCUT2D eigenvalue weighted by Crippen LogP contribution is 2.17. The second-order valence-electron chi connectivity index (χ2n) is 4.12. The highest BCUT2D eigenvalue weighted by Gasteiger charge is 2.12. The van der Waals surface area contributed by atoms with Crippen LogP contribution in [0.5, 0.6) is 0 Å². The van der Waals surface area contributed by atoms with Crippen molar-refractivity contribution in [2.24, 2.45) is 0 Å². The van der Waals surface area contributed by atoms with Gasteiger partial charge < -0.3 is 15.3 Å². The van der Waals surface area contributed by atoms with Crippen molar-refractivity contribution >= 4 is 23.3 Å². The molecule has 0 aliphatic rings. The Hall–Kier alpha value is -2.45. The first-order valence-electron chi connectivity index (χ1n) is 5.69. The molecular formula is C14H14ClN3O2. The van der Waals surface area contributed by atoms with Gasteiger partial charge in [-0.25, -0.2) is 4.79 Å². The van der Waals surface area contributed by atoms with Crippen molar-refractivity contribution in [3.05, 3.63) is 52.8 Å². The molecule has 0 radical (unpaired) electrons. The van der Waals surface area contributed by atoms with Crippen molar-refractivity contribution in [3.63, 3.8) is 0 Å². The van der Waals surface area contributed by atoms with Gasteiger partial charge in [-0.15, -0.1) is 0 Å². The van der Waals surface area contributed by atoms with Crippen LogP contribution in [-0.2, 0) is 4.79 Å². The van der Waals surface area contributed by atoms with Crippen LogP contribution in [0.3, 0.4) is 0 Å². The van der Waals surface area contributed by atoms with E-state index in [0.29, 0.717) is 10.7 Å². The minimum absolute atomic E-state index is 0.205. The summed E-state index contributed by atoms with van der Waals surface area (Å²) in [7, 11) is 3.59. The number of anilines is 1. The number of nitrogens with zero attached hydrogens (tertiary/aromatic N) is 2. The molecule has 1 aromatic carbocycles. The lowest BCUT2D eigenvalue weighted by Crippen LogP contribution is -2.09. The molecule has 0 aliphatic carbocycles. The average molecular weight is 292 g/mol. The maximum atomic E-state index is 11.1. The van der Waals surface area contributed by atoms with Crippen LogP contribution < -0.4 is 5.32 Å². The third-order valence-electron chi connectivity index (χ3n) is 2.26. The van der Waals surface area contributed by atoms with Gasteiger partial charge in [0, 0.05) is 31.0 Å². The number of carbonyl (C=O) groups is 1. The van der Waals surface area contributed by atoms with E-state index >= 15 is 0 Å². The van der Waals surface area contributed by atoms with Gasteiger partial charge in [0.15, 0.2) is 5.57 Å². The summed E-state index contributed by atoms with van der Waals surface area (Å²) in [6.45, 7) is 0. The van der Waals surface area contributed by atoms with Crippen molar-refractivity contribution in [1.82, 2.24) is 4.90 Å². The number of benzene rings is 1. The van der Waals surface area contributed by atoms with Crippen LogP contribution in [0, 0.1) is 11.3 Å². The summed E-state index contributed by atoms with van der Waals surface area (Å²) in [6.07, 6.45) is 3.18. The molecule has 0 bridgehead atoms. The number of nitriles is 1. The molecule has 5 nitrogen and oxygen atoms in total. The number of hydrogen-bond acceptors (Lipinski definition) is 4. The molecule has 0 aromatic heterocycles. The lowest BCUT2D eigenvalue weighted by Gasteiger charge is -2.10. The molecule has 0 unspecified atom stereocenters. The average Bonchev–Trinajstić information content (AvgIpc) is 2.38. The fourth-order valence-electron chi connectivity index (χ4n) is 1.32. The Kier molecular flexibility index (Phi) is 5.63. The molecule has 1 rings (SSSR count). The van der Waals surface area contributed by atoms with E-state index in [0.717, 1.165) is 0 Å². The Balaban J connectivity index is 3.15. The monoisotopic (exact) mass is 291 g/mol. The molecule has 2 N–H and O–H groups in total. The van der Waals surface area contributed by atoms with Crippen LogP contribution in [0.1, 0.15) is 0 Å². The zero-order valence-corrected chi connectivity index (χ0v) is 11.8. The molecule has 0 fully saturated rings. The van der Waals surface area contributed by atoms with Crippen LogP contribution in [0.25, 0.3) is 0 Å². The van der Waals surface area contributed by atoms with Gasteiger partial charge in [0.05, 0.1) is 5.70 Å². The summed E-state index contributed by atoms with van der Waals surface area (Å²) in [5.74, 6) is -1.28. The third-order valence-corrected chi connectivity index (χ3v) is 2.51. The topological polar surface area (TPSA) is 76.4 Å². The molecule has 0 heterocycles. The van der Waals surface area contributed by atoms with Gasteiger partial charge in [-0.05, 0) is 30.3 Å². The number of allylic oxidation sites excluding steroid dienone is 1. The van der Waals surface area contributed by atoms with Crippen molar-refractivity contribution in [1.29, 1.82) is 5.26 Å². The molecule has 0 aliphatic heterocycles.